The minimum absolute atomic E-state index is 0.215. The number of methoxy groups -OCH3 is 1. The Balaban J connectivity index is 3.06. The average Bonchev–Trinajstić information content (AvgIpc) is 2.73. The van der Waals surface area contributed by atoms with Crippen LogP contribution in [0, 0.1) is 6.92 Å². The van der Waals surface area contributed by atoms with Gasteiger partial charge in [-0.15, -0.1) is 11.3 Å². The van der Waals surface area contributed by atoms with E-state index in [4.69, 9.17) is 9.47 Å². The van der Waals surface area contributed by atoms with Crippen LogP contribution in [0.25, 0.3) is 0 Å². The summed E-state index contributed by atoms with van der Waals surface area (Å²) in [4.78, 5) is 36.9. The van der Waals surface area contributed by atoms with Gasteiger partial charge >= 0.3 is 11.9 Å². The summed E-state index contributed by atoms with van der Waals surface area (Å²) in [7, 11) is 2.78. The molecule has 0 fully saturated rings. The van der Waals surface area contributed by atoms with Crippen molar-refractivity contribution < 1.29 is 23.9 Å². The number of esters is 2. The second-order valence-corrected chi connectivity index (χ2v) is 6.44. The summed E-state index contributed by atoms with van der Waals surface area (Å²) in [6.45, 7) is 3.66. The van der Waals surface area contributed by atoms with Crippen molar-refractivity contribution in [2.45, 2.75) is 20.3 Å². The molecular weight excluding hydrogens is 362 g/mol. The van der Waals surface area contributed by atoms with Gasteiger partial charge in [0, 0.05) is 7.05 Å². The molecule has 0 aliphatic rings. The van der Waals surface area contributed by atoms with E-state index in [1.54, 1.807) is 13.8 Å². The first-order valence-corrected chi connectivity index (χ1v) is 7.73. The Hall–Kier alpha value is -1.41. The number of halogens is 1. The number of nitrogens with zero attached hydrogens (tertiary/aromatic N) is 1. The van der Waals surface area contributed by atoms with Gasteiger partial charge in [-0.1, -0.05) is 0 Å². The fourth-order valence-electron chi connectivity index (χ4n) is 1.69. The number of thiophene rings is 1. The van der Waals surface area contributed by atoms with Crippen LogP contribution in [0.1, 0.15) is 28.6 Å². The topological polar surface area (TPSA) is 72.9 Å². The molecule has 8 heteroatoms. The highest BCUT2D eigenvalue weighted by atomic mass is 79.9. The minimum atomic E-state index is -0.596. The van der Waals surface area contributed by atoms with Crippen molar-refractivity contribution >= 4 is 50.8 Å². The molecule has 0 aromatic carbocycles. The van der Waals surface area contributed by atoms with Gasteiger partial charge < -0.3 is 14.4 Å². The number of carbonyl (C=O) groups is 3. The fraction of sp³-hybridized carbons (Fsp3) is 0.462. The number of ether oxygens (including phenoxy) is 2. The lowest BCUT2D eigenvalue weighted by atomic mass is 10.2. The summed E-state index contributed by atoms with van der Waals surface area (Å²) in [5.74, 6) is -1.58. The maximum Gasteiger partial charge on any atom is 0.350 e. The van der Waals surface area contributed by atoms with Crippen molar-refractivity contribution in [3.05, 3.63) is 14.2 Å². The van der Waals surface area contributed by atoms with E-state index >= 15 is 0 Å². The Morgan fingerprint density at radius 3 is 2.48 bits per heavy atom. The maximum atomic E-state index is 12.1. The SMILES string of the molecule is CCOC(=O)CC(=O)N(C)c1c(C(=O)OC)sc(Br)c1C. The molecule has 0 atom stereocenters. The largest absolute Gasteiger partial charge is 0.466 e. The van der Waals surface area contributed by atoms with Gasteiger partial charge in [-0.25, -0.2) is 4.79 Å². The Morgan fingerprint density at radius 2 is 1.95 bits per heavy atom. The average molecular weight is 378 g/mol. The van der Waals surface area contributed by atoms with E-state index in [0.29, 0.717) is 10.6 Å². The van der Waals surface area contributed by atoms with E-state index in [1.165, 1.54) is 30.4 Å². The van der Waals surface area contributed by atoms with Crippen molar-refractivity contribution in [1.82, 2.24) is 0 Å². The summed E-state index contributed by atoms with van der Waals surface area (Å²) in [5, 5.41) is 0. The molecule has 0 unspecified atom stereocenters. The van der Waals surface area contributed by atoms with Crippen LogP contribution < -0.4 is 4.90 Å². The molecule has 0 aliphatic heterocycles. The van der Waals surface area contributed by atoms with Crippen LogP contribution in [0.3, 0.4) is 0 Å². The number of amides is 1. The van der Waals surface area contributed by atoms with Crippen LogP contribution in [0.15, 0.2) is 3.79 Å². The van der Waals surface area contributed by atoms with Gasteiger partial charge in [0.2, 0.25) is 5.91 Å². The van der Waals surface area contributed by atoms with Crippen molar-refractivity contribution in [1.29, 1.82) is 0 Å². The summed E-state index contributed by atoms with van der Waals surface area (Å²) < 4.78 is 10.2. The highest BCUT2D eigenvalue weighted by Crippen LogP contribution is 2.39. The van der Waals surface area contributed by atoms with E-state index in [-0.39, 0.29) is 13.0 Å². The third-order valence-corrected chi connectivity index (χ3v) is 4.87. The van der Waals surface area contributed by atoms with Gasteiger partial charge in [0.1, 0.15) is 11.3 Å². The fourth-order valence-corrected chi connectivity index (χ4v) is 3.35. The molecule has 0 saturated heterocycles. The van der Waals surface area contributed by atoms with Crippen molar-refractivity contribution in [3.63, 3.8) is 0 Å². The molecule has 1 aromatic rings. The zero-order valence-electron chi connectivity index (χ0n) is 12.2. The first-order chi connectivity index (χ1) is 9.83. The third kappa shape index (κ3) is 4.04. The highest BCUT2D eigenvalue weighted by Gasteiger charge is 2.27. The Labute approximate surface area is 135 Å². The lowest BCUT2D eigenvalue weighted by Crippen LogP contribution is -2.30. The van der Waals surface area contributed by atoms with Crippen LogP contribution in [0.2, 0.25) is 0 Å². The predicted molar refractivity (Wildman–Crippen MR) is 82.8 cm³/mol. The standard InChI is InChI=1S/C13H16BrNO5S/c1-5-20-9(17)6-8(16)15(3)10-7(2)12(14)21-11(10)13(18)19-4/h5-6H2,1-4H3. The van der Waals surface area contributed by atoms with Gasteiger partial charge in [-0.3, -0.25) is 9.59 Å². The lowest BCUT2D eigenvalue weighted by molar-refractivity contribution is -0.145. The van der Waals surface area contributed by atoms with Crippen LogP contribution in [-0.2, 0) is 19.1 Å². The van der Waals surface area contributed by atoms with Crippen molar-refractivity contribution in [2.75, 3.05) is 25.7 Å². The molecule has 1 rings (SSSR count). The zero-order valence-corrected chi connectivity index (χ0v) is 14.6. The van der Waals surface area contributed by atoms with E-state index in [9.17, 15) is 14.4 Å². The number of carbonyl (C=O) groups excluding carboxylic acids is 3. The molecule has 0 aliphatic carbocycles. The maximum absolute atomic E-state index is 12.1. The van der Waals surface area contributed by atoms with Gasteiger partial charge in [-0.2, -0.15) is 0 Å². The molecule has 1 heterocycles. The molecule has 0 bridgehead atoms. The van der Waals surface area contributed by atoms with Gasteiger partial charge in [0.05, 0.1) is 23.2 Å². The van der Waals surface area contributed by atoms with Crippen LogP contribution in [0.4, 0.5) is 5.69 Å². The predicted octanol–water partition coefficient (Wildman–Crippen LogP) is 2.52. The Bertz CT molecular complexity index is 569. The molecule has 1 aromatic heterocycles. The van der Waals surface area contributed by atoms with E-state index in [0.717, 1.165) is 9.35 Å². The molecule has 0 spiro atoms. The molecule has 0 N–H and O–H groups in total. The number of hydrogen-bond acceptors (Lipinski definition) is 6. The minimum Gasteiger partial charge on any atom is -0.466 e. The summed E-state index contributed by atoms with van der Waals surface area (Å²) in [5.41, 5.74) is 1.17. The molecule has 116 valence electrons. The number of hydrogen-bond donors (Lipinski definition) is 0. The summed E-state index contributed by atoms with van der Waals surface area (Å²) >= 11 is 4.52. The molecule has 0 radical (unpaired) electrons. The van der Waals surface area contributed by atoms with Crippen LogP contribution >= 0.6 is 27.3 Å². The Kier molecular flexibility index (Phi) is 6.35. The summed E-state index contributed by atoms with van der Waals surface area (Å²) in [6.07, 6.45) is -0.377. The number of rotatable bonds is 5. The molecular formula is C13H16BrNO5S. The molecule has 21 heavy (non-hydrogen) atoms. The first-order valence-electron chi connectivity index (χ1n) is 6.12. The second-order valence-electron chi connectivity index (χ2n) is 4.10. The first kappa shape index (κ1) is 17.6. The third-order valence-electron chi connectivity index (χ3n) is 2.74. The quantitative estimate of drug-likeness (QED) is 0.582. The van der Waals surface area contributed by atoms with Crippen molar-refractivity contribution in [2.24, 2.45) is 0 Å². The van der Waals surface area contributed by atoms with Gasteiger partial charge in [0.25, 0.3) is 0 Å². The highest BCUT2D eigenvalue weighted by molar-refractivity contribution is 9.11. The van der Waals surface area contributed by atoms with Crippen LogP contribution in [-0.4, -0.2) is 38.6 Å². The smallest absolute Gasteiger partial charge is 0.350 e. The second kappa shape index (κ2) is 7.56. The molecule has 1 amide bonds. The normalized spacial score (nSPS) is 10.1. The van der Waals surface area contributed by atoms with Gasteiger partial charge in [-0.05, 0) is 35.3 Å². The number of anilines is 1. The monoisotopic (exact) mass is 377 g/mol. The van der Waals surface area contributed by atoms with E-state index < -0.39 is 17.8 Å². The Morgan fingerprint density at radius 1 is 1.33 bits per heavy atom. The molecule has 0 saturated carbocycles. The van der Waals surface area contributed by atoms with Crippen LogP contribution in [0.5, 0.6) is 0 Å². The summed E-state index contributed by atoms with van der Waals surface area (Å²) in [6, 6.07) is 0. The lowest BCUT2D eigenvalue weighted by Gasteiger charge is -2.18. The van der Waals surface area contributed by atoms with Gasteiger partial charge in [0.15, 0.2) is 0 Å². The molecule has 6 nitrogen and oxygen atoms in total. The zero-order chi connectivity index (χ0) is 16.2. The van der Waals surface area contributed by atoms with E-state index in [2.05, 4.69) is 15.9 Å². The van der Waals surface area contributed by atoms with E-state index in [1.807, 2.05) is 0 Å². The van der Waals surface area contributed by atoms with Crippen molar-refractivity contribution in [3.8, 4) is 0 Å².